The van der Waals surface area contributed by atoms with E-state index in [0.29, 0.717) is 42.7 Å². The number of anilines is 1. The minimum Gasteiger partial charge on any atom is -0.465 e. The Morgan fingerprint density at radius 2 is 1.73 bits per heavy atom. The van der Waals surface area contributed by atoms with Gasteiger partial charge < -0.3 is 25.7 Å². The van der Waals surface area contributed by atoms with Gasteiger partial charge in [0.2, 0.25) is 5.91 Å². The van der Waals surface area contributed by atoms with E-state index in [1.165, 1.54) is 6.42 Å². The Kier molecular flexibility index (Phi) is 15.7. The molecule has 2 heterocycles. The summed E-state index contributed by atoms with van der Waals surface area (Å²) in [5.74, 6) is 1.85. The maximum absolute atomic E-state index is 11.6. The monoisotopic (exact) mass is 577 g/mol. The van der Waals surface area contributed by atoms with Crippen LogP contribution in [0.2, 0.25) is 5.15 Å². The number of unbranched alkanes of at least 4 members (excludes halogenated alkanes) is 2. The molecule has 3 rings (SSSR count). The van der Waals surface area contributed by atoms with Crippen molar-refractivity contribution in [2.45, 2.75) is 92.7 Å². The average molecular weight is 578 g/mol. The molecule has 1 atom stereocenters. The lowest BCUT2D eigenvalue weighted by Crippen LogP contribution is -2.38. The van der Waals surface area contributed by atoms with E-state index >= 15 is 0 Å². The molecule has 0 fully saturated rings. The number of nitrogens with two attached hydrogens (primary N) is 2. The molecule has 4 N–H and O–H groups in total. The normalized spacial score (nSPS) is 11.5. The van der Waals surface area contributed by atoms with Gasteiger partial charge in [-0.1, -0.05) is 58.2 Å². The van der Waals surface area contributed by atoms with Crippen molar-refractivity contribution in [3.8, 4) is 6.01 Å². The van der Waals surface area contributed by atoms with Crippen LogP contribution in [0.3, 0.4) is 0 Å². The van der Waals surface area contributed by atoms with E-state index in [4.69, 9.17) is 27.8 Å². The Morgan fingerprint density at radius 3 is 2.23 bits per heavy atom. The minimum absolute atomic E-state index is 0.281. The van der Waals surface area contributed by atoms with Crippen LogP contribution in [0.5, 0.6) is 6.01 Å². The highest BCUT2D eigenvalue weighted by atomic mass is 35.5. The number of aromatic nitrogens is 4. The Balaban J connectivity index is 0.000000301. The highest BCUT2D eigenvalue weighted by Gasteiger charge is 2.17. The summed E-state index contributed by atoms with van der Waals surface area (Å²) in [7, 11) is 5.77. The number of para-hydroxylation sites is 1. The second-order valence-electron chi connectivity index (χ2n) is 10.3. The van der Waals surface area contributed by atoms with Crippen LogP contribution in [0, 0.1) is 5.92 Å². The molecule has 0 radical (unpaired) electrons. The number of hydrogen-bond donors (Lipinski definition) is 2. The third-order valence-electron chi connectivity index (χ3n) is 7.08. The van der Waals surface area contributed by atoms with Gasteiger partial charge in [-0.2, -0.15) is 4.98 Å². The predicted octanol–water partition coefficient (Wildman–Crippen LogP) is 6.11. The molecule has 2 aromatic heterocycles. The molecule has 10 heteroatoms. The molecule has 0 saturated carbocycles. The minimum atomic E-state index is 0.281. The third-order valence-corrected chi connectivity index (χ3v) is 7.38. The van der Waals surface area contributed by atoms with Crippen LogP contribution in [0.15, 0.2) is 18.2 Å². The van der Waals surface area contributed by atoms with E-state index in [2.05, 4.69) is 44.6 Å². The van der Waals surface area contributed by atoms with Crippen LogP contribution in [0.25, 0.3) is 11.0 Å². The van der Waals surface area contributed by atoms with Crippen molar-refractivity contribution in [3.05, 3.63) is 34.9 Å². The molecule has 9 nitrogen and oxygen atoms in total. The Bertz CT molecular complexity index is 1170. The lowest BCUT2D eigenvalue weighted by molar-refractivity contribution is -0.132. The number of hydrogen-bond acceptors (Lipinski definition) is 6. The van der Waals surface area contributed by atoms with E-state index in [-0.39, 0.29) is 5.91 Å². The first kappa shape index (κ1) is 35.2. The molecule has 1 unspecified atom stereocenters. The first-order valence-electron chi connectivity index (χ1n) is 14.4. The van der Waals surface area contributed by atoms with Crippen LogP contribution in [0.1, 0.15) is 85.2 Å². The summed E-state index contributed by atoms with van der Waals surface area (Å²) >= 11 is 5.92. The summed E-state index contributed by atoms with van der Waals surface area (Å²) in [5.41, 5.74) is 14.8. The molecule has 0 bridgehead atoms. The van der Waals surface area contributed by atoms with E-state index in [1.54, 1.807) is 0 Å². The van der Waals surface area contributed by atoms with E-state index < -0.39 is 0 Å². The smallest absolute Gasteiger partial charge is 0.297 e. The standard InChI is InChI=1S/C11H23NO.C10H13N3O.C9H16ClN3/c1-6-7-8-11(13)12(5)10(4)9(2)3;1-3-14-10-12-8-6-4-5-7(11)9(8)13(10)2;1-3-4-5-8-12-9(10)7(6-11)13(8)2/h9-10H,6-8H2,1-5H3;4-6H,3,11H2,1-2H3;3-6,11H2,1-2H3. The van der Waals surface area contributed by atoms with Gasteiger partial charge in [-0.05, 0) is 44.7 Å². The van der Waals surface area contributed by atoms with Crippen LogP contribution in [0.4, 0.5) is 5.69 Å². The fourth-order valence-corrected chi connectivity index (χ4v) is 4.34. The number of benzene rings is 1. The fourth-order valence-electron chi connectivity index (χ4n) is 4.04. The molecule has 0 spiro atoms. The summed E-state index contributed by atoms with van der Waals surface area (Å²) < 4.78 is 9.24. The quantitative estimate of drug-likeness (QED) is 0.266. The van der Waals surface area contributed by atoms with Crippen molar-refractivity contribution < 1.29 is 9.53 Å². The number of carbonyl (C=O) groups excluding carboxylic acids is 1. The van der Waals surface area contributed by atoms with E-state index in [0.717, 1.165) is 53.9 Å². The molecule has 1 amide bonds. The molecule has 226 valence electrons. The van der Waals surface area contributed by atoms with Crippen molar-refractivity contribution >= 4 is 34.2 Å². The van der Waals surface area contributed by atoms with Crippen molar-refractivity contribution in [1.29, 1.82) is 0 Å². The van der Waals surface area contributed by atoms with Gasteiger partial charge >= 0.3 is 0 Å². The van der Waals surface area contributed by atoms with Gasteiger partial charge in [-0.3, -0.25) is 9.36 Å². The maximum atomic E-state index is 11.6. The van der Waals surface area contributed by atoms with Gasteiger partial charge in [0, 0.05) is 46.6 Å². The Morgan fingerprint density at radius 1 is 1.07 bits per heavy atom. The highest BCUT2D eigenvalue weighted by molar-refractivity contribution is 6.30. The zero-order valence-corrected chi connectivity index (χ0v) is 26.9. The second kappa shape index (κ2) is 17.8. The molecule has 0 aliphatic carbocycles. The Hall–Kier alpha value is -2.78. The van der Waals surface area contributed by atoms with Gasteiger partial charge in [-0.25, -0.2) is 4.98 Å². The van der Waals surface area contributed by atoms with Crippen molar-refractivity contribution in [1.82, 2.24) is 24.0 Å². The highest BCUT2D eigenvalue weighted by Crippen LogP contribution is 2.24. The van der Waals surface area contributed by atoms with Crippen LogP contribution >= 0.6 is 11.6 Å². The van der Waals surface area contributed by atoms with Gasteiger partial charge in [-0.15, -0.1) is 0 Å². The van der Waals surface area contributed by atoms with Crippen LogP contribution in [-0.4, -0.2) is 49.6 Å². The average Bonchev–Trinajstić information content (AvgIpc) is 3.40. The predicted molar refractivity (Wildman–Crippen MR) is 168 cm³/mol. The van der Waals surface area contributed by atoms with Crippen LogP contribution < -0.4 is 16.2 Å². The number of amides is 1. The largest absolute Gasteiger partial charge is 0.465 e. The molecular weight excluding hydrogens is 526 g/mol. The molecule has 0 saturated heterocycles. The summed E-state index contributed by atoms with van der Waals surface area (Å²) in [6.07, 6.45) is 6.09. The third kappa shape index (κ3) is 10.0. The van der Waals surface area contributed by atoms with Gasteiger partial charge in [0.1, 0.15) is 5.82 Å². The number of halogens is 1. The lowest BCUT2D eigenvalue weighted by atomic mass is 10.0. The molecule has 3 aromatic rings. The number of ether oxygens (including phenoxy) is 1. The summed E-state index contributed by atoms with van der Waals surface area (Å²) in [4.78, 5) is 22.0. The number of carbonyl (C=O) groups is 1. The summed E-state index contributed by atoms with van der Waals surface area (Å²) in [6, 6.07) is 6.64. The number of nitrogens with zero attached hydrogens (tertiary/aromatic N) is 5. The second-order valence-corrected chi connectivity index (χ2v) is 10.7. The summed E-state index contributed by atoms with van der Waals surface area (Å²) in [6.45, 7) is 13.7. The van der Waals surface area contributed by atoms with E-state index in [1.807, 2.05) is 60.3 Å². The van der Waals surface area contributed by atoms with Crippen molar-refractivity contribution in [2.24, 2.45) is 25.7 Å². The SMILES string of the molecule is CCCCC(=O)N(C)C(C)C(C)C.CCCCc1nc(Cl)c(CN)n1C.CCOc1nc2cccc(N)c2n1C. The number of nitrogen functional groups attached to an aromatic ring is 1. The number of aryl methyl sites for hydroxylation is 2. The van der Waals surface area contributed by atoms with E-state index in [9.17, 15) is 4.79 Å². The first-order chi connectivity index (χ1) is 18.9. The topological polar surface area (TPSA) is 117 Å². The first-order valence-corrected chi connectivity index (χ1v) is 14.8. The lowest BCUT2D eigenvalue weighted by Gasteiger charge is -2.28. The molecule has 0 aliphatic rings. The summed E-state index contributed by atoms with van der Waals surface area (Å²) in [5, 5.41) is 0.552. The van der Waals surface area contributed by atoms with Crippen molar-refractivity contribution in [3.63, 3.8) is 0 Å². The zero-order valence-electron chi connectivity index (χ0n) is 26.1. The molecular formula is C30H52ClN7O2. The maximum Gasteiger partial charge on any atom is 0.297 e. The number of fused-ring (bicyclic) bond motifs is 1. The number of rotatable bonds is 11. The molecule has 0 aliphatic heterocycles. The van der Waals surface area contributed by atoms with Crippen LogP contribution in [-0.2, 0) is 31.9 Å². The molecule has 40 heavy (non-hydrogen) atoms. The number of imidazole rings is 2. The van der Waals surface area contributed by atoms with Gasteiger partial charge in [0.05, 0.1) is 29.0 Å². The van der Waals surface area contributed by atoms with Gasteiger partial charge in [0.15, 0.2) is 5.15 Å². The fraction of sp³-hybridized carbons (Fsp3) is 0.633. The zero-order chi connectivity index (χ0) is 30.4. The Labute approximate surface area is 246 Å². The molecule has 1 aromatic carbocycles. The van der Waals surface area contributed by atoms with Crippen molar-refractivity contribution in [2.75, 3.05) is 19.4 Å². The van der Waals surface area contributed by atoms with Gasteiger partial charge in [0.25, 0.3) is 6.01 Å².